The van der Waals surface area contributed by atoms with Crippen molar-refractivity contribution in [2.75, 3.05) is 13.2 Å². The lowest BCUT2D eigenvalue weighted by Gasteiger charge is -1.99. The summed E-state index contributed by atoms with van der Waals surface area (Å²) in [7, 11) is 0. The zero-order valence-electron chi connectivity index (χ0n) is 7.06. The SMILES string of the molecule is CCCCOCCCC.Cl. The Balaban J connectivity index is 0. The van der Waals surface area contributed by atoms with Crippen molar-refractivity contribution >= 4 is 12.4 Å². The Morgan fingerprint density at radius 3 is 1.60 bits per heavy atom. The van der Waals surface area contributed by atoms with Gasteiger partial charge in [-0.3, -0.25) is 0 Å². The molecule has 0 aromatic carbocycles. The van der Waals surface area contributed by atoms with Gasteiger partial charge in [-0.15, -0.1) is 12.4 Å². The van der Waals surface area contributed by atoms with Crippen LogP contribution in [0.1, 0.15) is 39.5 Å². The summed E-state index contributed by atoms with van der Waals surface area (Å²) in [5.41, 5.74) is 0. The zero-order chi connectivity index (χ0) is 6.95. The molecule has 0 rings (SSSR count). The zero-order valence-corrected chi connectivity index (χ0v) is 7.88. The topological polar surface area (TPSA) is 9.23 Å². The lowest BCUT2D eigenvalue weighted by atomic mass is 10.3. The van der Waals surface area contributed by atoms with E-state index in [0.29, 0.717) is 0 Å². The molecule has 0 fully saturated rings. The van der Waals surface area contributed by atoms with Crippen LogP contribution in [0.2, 0.25) is 0 Å². The van der Waals surface area contributed by atoms with Crippen LogP contribution in [-0.4, -0.2) is 13.2 Å². The first-order valence-electron chi connectivity index (χ1n) is 3.99. The van der Waals surface area contributed by atoms with Crippen LogP contribution in [0, 0.1) is 0 Å². The molecule has 0 aliphatic carbocycles. The predicted octanol–water partition coefficient (Wildman–Crippen LogP) is 3.03. The van der Waals surface area contributed by atoms with E-state index in [1.54, 1.807) is 0 Å². The van der Waals surface area contributed by atoms with Crippen LogP contribution in [0.3, 0.4) is 0 Å². The van der Waals surface area contributed by atoms with E-state index in [4.69, 9.17) is 4.74 Å². The largest absolute Gasteiger partial charge is 0.381 e. The molecule has 0 heterocycles. The first kappa shape index (κ1) is 12.9. The van der Waals surface area contributed by atoms with Gasteiger partial charge in [-0.25, -0.2) is 0 Å². The summed E-state index contributed by atoms with van der Waals surface area (Å²) >= 11 is 0. The van der Waals surface area contributed by atoms with E-state index < -0.39 is 0 Å². The van der Waals surface area contributed by atoms with Crippen molar-refractivity contribution in [1.29, 1.82) is 0 Å². The van der Waals surface area contributed by atoms with Gasteiger partial charge in [0, 0.05) is 13.2 Å². The van der Waals surface area contributed by atoms with Gasteiger partial charge in [0.25, 0.3) is 0 Å². The molecule has 0 aromatic heterocycles. The van der Waals surface area contributed by atoms with Crippen LogP contribution in [0.25, 0.3) is 0 Å². The van der Waals surface area contributed by atoms with Gasteiger partial charge in [-0.2, -0.15) is 0 Å². The van der Waals surface area contributed by atoms with Gasteiger partial charge in [0.1, 0.15) is 0 Å². The molecule has 0 unspecified atom stereocenters. The minimum Gasteiger partial charge on any atom is -0.381 e. The molecule has 0 aromatic rings. The predicted molar refractivity (Wildman–Crippen MR) is 47.9 cm³/mol. The summed E-state index contributed by atoms with van der Waals surface area (Å²) in [6, 6.07) is 0. The molecular formula is C8H19ClO. The fourth-order valence-corrected chi connectivity index (χ4v) is 0.595. The number of hydrogen-bond acceptors (Lipinski definition) is 1. The molecule has 64 valence electrons. The van der Waals surface area contributed by atoms with E-state index in [1.165, 1.54) is 25.7 Å². The van der Waals surface area contributed by atoms with Crippen molar-refractivity contribution in [3.05, 3.63) is 0 Å². The Hall–Kier alpha value is 0.250. The number of hydrogen-bond donors (Lipinski definition) is 0. The lowest BCUT2D eigenvalue weighted by molar-refractivity contribution is 0.128. The maximum atomic E-state index is 5.31. The van der Waals surface area contributed by atoms with Crippen LogP contribution < -0.4 is 0 Å². The number of ether oxygens (including phenoxy) is 1. The summed E-state index contributed by atoms with van der Waals surface area (Å²) < 4.78 is 5.31. The van der Waals surface area contributed by atoms with Gasteiger partial charge in [0.2, 0.25) is 0 Å². The second kappa shape index (κ2) is 12.0. The van der Waals surface area contributed by atoms with Gasteiger partial charge >= 0.3 is 0 Å². The van der Waals surface area contributed by atoms with Crippen LogP contribution in [0.4, 0.5) is 0 Å². The maximum absolute atomic E-state index is 5.31. The van der Waals surface area contributed by atoms with Crippen molar-refractivity contribution < 1.29 is 4.74 Å². The molecule has 2 heteroatoms. The lowest BCUT2D eigenvalue weighted by Crippen LogP contribution is -1.95. The van der Waals surface area contributed by atoms with Crippen molar-refractivity contribution in [3.8, 4) is 0 Å². The summed E-state index contributed by atoms with van der Waals surface area (Å²) in [6.07, 6.45) is 4.91. The molecule has 0 spiro atoms. The minimum absolute atomic E-state index is 0. The average molecular weight is 167 g/mol. The van der Waals surface area contributed by atoms with E-state index in [0.717, 1.165) is 13.2 Å². The van der Waals surface area contributed by atoms with Crippen molar-refractivity contribution in [1.82, 2.24) is 0 Å². The maximum Gasteiger partial charge on any atom is 0.0465 e. The normalized spacial score (nSPS) is 9.00. The van der Waals surface area contributed by atoms with E-state index in [2.05, 4.69) is 13.8 Å². The summed E-state index contributed by atoms with van der Waals surface area (Å²) in [6.45, 7) is 6.28. The quantitative estimate of drug-likeness (QED) is 0.552. The van der Waals surface area contributed by atoms with E-state index >= 15 is 0 Å². The fraction of sp³-hybridized carbons (Fsp3) is 1.00. The molecule has 1 nitrogen and oxygen atoms in total. The van der Waals surface area contributed by atoms with E-state index in [1.807, 2.05) is 0 Å². The molecule has 0 amide bonds. The van der Waals surface area contributed by atoms with Crippen LogP contribution in [0.5, 0.6) is 0 Å². The van der Waals surface area contributed by atoms with Gasteiger partial charge in [0.15, 0.2) is 0 Å². The average Bonchev–Trinajstić information content (AvgIpc) is 1.89. The standard InChI is InChI=1S/C8H18O.ClH/c1-3-5-7-9-8-6-4-2;/h3-8H2,1-2H3;1H. The molecule has 0 saturated heterocycles. The van der Waals surface area contributed by atoms with Crippen molar-refractivity contribution in [2.24, 2.45) is 0 Å². The smallest absolute Gasteiger partial charge is 0.0465 e. The highest BCUT2D eigenvalue weighted by Gasteiger charge is 1.84. The molecule has 0 bridgehead atoms. The molecule has 0 atom stereocenters. The highest BCUT2D eigenvalue weighted by molar-refractivity contribution is 5.85. The Bertz CT molecular complexity index is 42.5. The molecule has 0 radical (unpaired) electrons. The molecule has 0 saturated carbocycles. The number of rotatable bonds is 6. The third-order valence-corrected chi connectivity index (χ3v) is 1.28. The Labute approximate surface area is 70.6 Å². The summed E-state index contributed by atoms with van der Waals surface area (Å²) in [5, 5.41) is 0. The third kappa shape index (κ3) is 11.1. The third-order valence-electron chi connectivity index (χ3n) is 1.28. The number of unbranched alkanes of at least 4 members (excludes halogenated alkanes) is 2. The van der Waals surface area contributed by atoms with Gasteiger partial charge in [0.05, 0.1) is 0 Å². The first-order valence-corrected chi connectivity index (χ1v) is 3.99. The molecule has 0 aliphatic rings. The highest BCUT2D eigenvalue weighted by Crippen LogP contribution is 1.91. The second-order valence-electron chi connectivity index (χ2n) is 2.32. The second-order valence-corrected chi connectivity index (χ2v) is 2.32. The molecule has 0 aliphatic heterocycles. The monoisotopic (exact) mass is 166 g/mol. The van der Waals surface area contributed by atoms with E-state index in [9.17, 15) is 0 Å². The van der Waals surface area contributed by atoms with Crippen LogP contribution >= 0.6 is 12.4 Å². The molecule has 0 N–H and O–H groups in total. The highest BCUT2D eigenvalue weighted by atomic mass is 35.5. The van der Waals surface area contributed by atoms with Gasteiger partial charge < -0.3 is 4.74 Å². The Morgan fingerprint density at radius 1 is 0.900 bits per heavy atom. The summed E-state index contributed by atoms with van der Waals surface area (Å²) in [5.74, 6) is 0. The molecular weight excluding hydrogens is 148 g/mol. The van der Waals surface area contributed by atoms with Gasteiger partial charge in [-0.1, -0.05) is 26.7 Å². The molecule has 10 heavy (non-hydrogen) atoms. The van der Waals surface area contributed by atoms with Crippen LogP contribution in [-0.2, 0) is 4.74 Å². The van der Waals surface area contributed by atoms with Crippen molar-refractivity contribution in [2.45, 2.75) is 39.5 Å². The summed E-state index contributed by atoms with van der Waals surface area (Å²) in [4.78, 5) is 0. The first-order chi connectivity index (χ1) is 4.41. The number of halogens is 1. The Kier molecular flexibility index (Phi) is 15.4. The minimum atomic E-state index is 0. The van der Waals surface area contributed by atoms with Crippen LogP contribution in [0.15, 0.2) is 0 Å². The van der Waals surface area contributed by atoms with Gasteiger partial charge in [-0.05, 0) is 12.8 Å². The van der Waals surface area contributed by atoms with Crippen molar-refractivity contribution in [3.63, 3.8) is 0 Å². The van der Waals surface area contributed by atoms with E-state index in [-0.39, 0.29) is 12.4 Å². The fourth-order valence-electron chi connectivity index (χ4n) is 0.595. The Morgan fingerprint density at radius 2 is 1.30 bits per heavy atom.